The summed E-state index contributed by atoms with van der Waals surface area (Å²) in [5.41, 5.74) is 3.40. The highest BCUT2D eigenvalue weighted by Gasteiger charge is 2.16. The Labute approximate surface area is 218 Å². The Bertz CT molecular complexity index is 1360. The minimum Gasteiger partial charge on any atom is -0.497 e. The van der Waals surface area contributed by atoms with Gasteiger partial charge in [0.25, 0.3) is 5.91 Å². The molecule has 0 fully saturated rings. The quantitative estimate of drug-likeness (QED) is 0.312. The van der Waals surface area contributed by atoms with Crippen LogP contribution in [0, 0.1) is 5.82 Å². The van der Waals surface area contributed by atoms with Crippen molar-refractivity contribution >= 4 is 17.2 Å². The molecule has 1 aliphatic heterocycles. The van der Waals surface area contributed by atoms with E-state index in [1.165, 1.54) is 23.5 Å². The van der Waals surface area contributed by atoms with E-state index in [0.29, 0.717) is 43.4 Å². The number of nitrogens with one attached hydrogen (secondary N) is 1. The number of ether oxygens (including phenoxy) is 3. The zero-order chi connectivity index (χ0) is 25.6. The molecule has 1 aromatic heterocycles. The third kappa shape index (κ3) is 6.44. The van der Waals surface area contributed by atoms with Crippen LogP contribution in [0.5, 0.6) is 17.2 Å². The number of thiazole rings is 1. The number of hydrogen-bond donors (Lipinski definition) is 1. The van der Waals surface area contributed by atoms with Gasteiger partial charge in [-0.25, -0.2) is 9.37 Å². The Morgan fingerprint density at radius 1 is 0.973 bits per heavy atom. The summed E-state index contributed by atoms with van der Waals surface area (Å²) < 4.78 is 29.4. The van der Waals surface area contributed by atoms with Crippen LogP contribution in [0.1, 0.15) is 32.2 Å². The first-order valence-electron chi connectivity index (χ1n) is 11.8. The Balaban J connectivity index is 1.24. The van der Waals surface area contributed by atoms with E-state index >= 15 is 0 Å². The molecule has 4 aromatic rings. The summed E-state index contributed by atoms with van der Waals surface area (Å²) in [5, 5.41) is 5.51. The van der Waals surface area contributed by atoms with Gasteiger partial charge in [0.15, 0.2) is 11.5 Å². The predicted octanol–water partition coefficient (Wildman–Crippen LogP) is 5.15. The van der Waals surface area contributed by atoms with Crippen molar-refractivity contribution in [1.82, 2.24) is 15.2 Å². The van der Waals surface area contributed by atoms with Crippen LogP contribution in [0.25, 0.3) is 0 Å². The standard InChI is InChI=1S/C28H26FN3O4S/c1-34-23-9-4-20(5-10-23)15-32(14-19-2-7-22(29)8-3-19)16-27-31-24(17-37-27)28(33)30-13-21-6-11-25-26(12-21)36-18-35-25/h2-12,17H,13-16,18H2,1H3,(H,30,33). The van der Waals surface area contributed by atoms with E-state index in [4.69, 9.17) is 14.2 Å². The Hall–Kier alpha value is -3.95. The molecule has 7 nitrogen and oxygen atoms in total. The Kier molecular flexibility index (Phi) is 7.62. The van der Waals surface area contributed by atoms with Crippen LogP contribution < -0.4 is 19.5 Å². The second kappa shape index (κ2) is 11.4. The number of methoxy groups -OCH3 is 1. The fourth-order valence-corrected chi connectivity index (χ4v) is 4.82. The van der Waals surface area contributed by atoms with Gasteiger partial charge in [-0.3, -0.25) is 9.69 Å². The van der Waals surface area contributed by atoms with E-state index in [-0.39, 0.29) is 18.5 Å². The maximum atomic E-state index is 13.4. The number of carbonyl (C=O) groups excluding carboxylic acids is 1. The highest BCUT2D eigenvalue weighted by Crippen LogP contribution is 2.32. The van der Waals surface area contributed by atoms with Crippen molar-refractivity contribution in [2.75, 3.05) is 13.9 Å². The molecule has 0 aliphatic carbocycles. The van der Waals surface area contributed by atoms with Gasteiger partial charge < -0.3 is 19.5 Å². The summed E-state index contributed by atoms with van der Waals surface area (Å²) in [4.78, 5) is 19.5. The summed E-state index contributed by atoms with van der Waals surface area (Å²) >= 11 is 1.44. The Morgan fingerprint density at radius 3 is 2.38 bits per heavy atom. The van der Waals surface area contributed by atoms with Gasteiger partial charge in [0.05, 0.1) is 13.7 Å². The first kappa shape index (κ1) is 24.7. The summed E-state index contributed by atoms with van der Waals surface area (Å²) in [6, 6.07) is 20.0. The van der Waals surface area contributed by atoms with Crippen molar-refractivity contribution < 1.29 is 23.4 Å². The van der Waals surface area contributed by atoms with E-state index in [1.807, 2.05) is 42.5 Å². The van der Waals surface area contributed by atoms with Gasteiger partial charge in [-0.2, -0.15) is 0 Å². The zero-order valence-electron chi connectivity index (χ0n) is 20.3. The van der Waals surface area contributed by atoms with E-state index in [2.05, 4.69) is 15.2 Å². The number of rotatable bonds is 10. The molecule has 1 N–H and O–H groups in total. The summed E-state index contributed by atoms with van der Waals surface area (Å²) in [6.45, 7) is 2.38. The molecule has 0 radical (unpaired) electrons. The second-order valence-electron chi connectivity index (χ2n) is 8.62. The maximum Gasteiger partial charge on any atom is 0.271 e. The van der Waals surface area contributed by atoms with Gasteiger partial charge in [0.1, 0.15) is 22.3 Å². The van der Waals surface area contributed by atoms with Crippen molar-refractivity contribution in [3.05, 3.63) is 105 Å². The minimum absolute atomic E-state index is 0.212. The summed E-state index contributed by atoms with van der Waals surface area (Å²) in [7, 11) is 1.64. The van der Waals surface area contributed by atoms with Gasteiger partial charge >= 0.3 is 0 Å². The van der Waals surface area contributed by atoms with Gasteiger partial charge in [-0.15, -0.1) is 11.3 Å². The van der Waals surface area contributed by atoms with Crippen molar-refractivity contribution in [3.8, 4) is 17.2 Å². The van der Waals surface area contributed by atoms with Gasteiger partial charge in [-0.05, 0) is 53.1 Å². The second-order valence-corrected chi connectivity index (χ2v) is 9.56. The van der Waals surface area contributed by atoms with Crippen LogP contribution in [-0.4, -0.2) is 29.7 Å². The predicted molar refractivity (Wildman–Crippen MR) is 138 cm³/mol. The van der Waals surface area contributed by atoms with Gasteiger partial charge in [0.2, 0.25) is 6.79 Å². The molecule has 37 heavy (non-hydrogen) atoms. The number of hydrogen-bond acceptors (Lipinski definition) is 7. The molecule has 0 unspecified atom stereocenters. The highest BCUT2D eigenvalue weighted by atomic mass is 32.1. The van der Waals surface area contributed by atoms with E-state index < -0.39 is 0 Å². The SMILES string of the molecule is COc1ccc(CN(Cc2ccc(F)cc2)Cc2nc(C(=O)NCc3ccc4c(c3)OCO4)cs2)cc1. The number of amides is 1. The van der Waals surface area contributed by atoms with Crippen LogP contribution >= 0.6 is 11.3 Å². The number of halogens is 1. The summed E-state index contributed by atoms with van der Waals surface area (Å²) in [5.74, 6) is 1.69. The van der Waals surface area contributed by atoms with Crippen LogP contribution in [0.2, 0.25) is 0 Å². The topological polar surface area (TPSA) is 72.9 Å². The molecule has 5 rings (SSSR count). The molecular weight excluding hydrogens is 493 g/mol. The number of nitrogens with zero attached hydrogens (tertiary/aromatic N) is 2. The third-order valence-electron chi connectivity index (χ3n) is 5.92. The van der Waals surface area contributed by atoms with Crippen molar-refractivity contribution in [2.45, 2.75) is 26.2 Å². The highest BCUT2D eigenvalue weighted by molar-refractivity contribution is 7.09. The van der Waals surface area contributed by atoms with Crippen LogP contribution in [0.15, 0.2) is 72.1 Å². The molecule has 1 amide bonds. The van der Waals surface area contributed by atoms with Crippen LogP contribution in [0.3, 0.4) is 0 Å². The Morgan fingerprint density at radius 2 is 1.65 bits per heavy atom. The zero-order valence-corrected chi connectivity index (χ0v) is 21.1. The fourth-order valence-electron chi connectivity index (χ4n) is 4.01. The molecule has 0 spiro atoms. The molecule has 0 bridgehead atoms. The molecule has 1 aliphatic rings. The van der Waals surface area contributed by atoms with Gasteiger partial charge in [-0.1, -0.05) is 30.3 Å². The number of fused-ring (bicyclic) bond motifs is 1. The van der Waals surface area contributed by atoms with Crippen LogP contribution in [-0.2, 0) is 26.2 Å². The normalized spacial score (nSPS) is 12.1. The minimum atomic E-state index is -0.262. The molecule has 2 heterocycles. The van der Waals surface area contributed by atoms with E-state index in [9.17, 15) is 9.18 Å². The number of carbonyl (C=O) groups is 1. The van der Waals surface area contributed by atoms with Crippen molar-refractivity contribution in [1.29, 1.82) is 0 Å². The molecule has 0 saturated heterocycles. The first-order chi connectivity index (χ1) is 18.1. The summed E-state index contributed by atoms with van der Waals surface area (Å²) in [6.07, 6.45) is 0. The molecular formula is C28H26FN3O4S. The molecule has 0 atom stereocenters. The lowest BCUT2D eigenvalue weighted by molar-refractivity contribution is 0.0946. The maximum absolute atomic E-state index is 13.4. The lowest BCUT2D eigenvalue weighted by Gasteiger charge is -2.21. The number of benzene rings is 3. The average Bonchev–Trinajstić information content (AvgIpc) is 3.58. The lowest BCUT2D eigenvalue weighted by atomic mass is 10.1. The molecule has 3 aromatic carbocycles. The first-order valence-corrected chi connectivity index (χ1v) is 12.6. The van der Waals surface area contributed by atoms with Crippen molar-refractivity contribution in [3.63, 3.8) is 0 Å². The van der Waals surface area contributed by atoms with Crippen LogP contribution in [0.4, 0.5) is 4.39 Å². The molecule has 190 valence electrons. The average molecular weight is 520 g/mol. The third-order valence-corrected chi connectivity index (χ3v) is 6.75. The largest absolute Gasteiger partial charge is 0.497 e. The molecule has 0 saturated carbocycles. The van der Waals surface area contributed by atoms with E-state index in [0.717, 1.165) is 27.4 Å². The fraction of sp³-hybridized carbons (Fsp3) is 0.214. The smallest absolute Gasteiger partial charge is 0.271 e. The van der Waals surface area contributed by atoms with Gasteiger partial charge in [0, 0.05) is 25.0 Å². The number of aromatic nitrogens is 1. The lowest BCUT2D eigenvalue weighted by Crippen LogP contribution is -2.24. The van der Waals surface area contributed by atoms with E-state index in [1.54, 1.807) is 24.6 Å². The molecule has 9 heteroatoms. The van der Waals surface area contributed by atoms with Crippen molar-refractivity contribution in [2.24, 2.45) is 0 Å². The monoisotopic (exact) mass is 519 g/mol.